The molecule has 0 spiro atoms. The van der Waals surface area contributed by atoms with Gasteiger partial charge in [-0.3, -0.25) is 4.90 Å². The van der Waals surface area contributed by atoms with E-state index in [-0.39, 0.29) is 11.8 Å². The van der Waals surface area contributed by atoms with E-state index in [0.29, 0.717) is 0 Å². The zero-order valence-electron chi connectivity index (χ0n) is 9.84. The minimum absolute atomic E-state index is 0.0368. The molecule has 5 nitrogen and oxygen atoms in total. The third kappa shape index (κ3) is 3.79. The van der Waals surface area contributed by atoms with E-state index in [1.807, 2.05) is 20.9 Å². The van der Waals surface area contributed by atoms with Gasteiger partial charge >= 0.3 is 0 Å². The lowest BCUT2D eigenvalue weighted by Crippen LogP contribution is -2.32. The van der Waals surface area contributed by atoms with Gasteiger partial charge in [0.15, 0.2) is 0 Å². The highest BCUT2D eigenvalue weighted by molar-refractivity contribution is 7.09. The van der Waals surface area contributed by atoms with E-state index in [1.54, 1.807) is 11.3 Å². The van der Waals surface area contributed by atoms with Crippen LogP contribution in [0.15, 0.2) is 10.5 Å². The highest BCUT2D eigenvalue weighted by Crippen LogP contribution is 2.10. The van der Waals surface area contributed by atoms with Gasteiger partial charge in [-0.25, -0.2) is 4.98 Å². The molecular formula is C10H18N4OS. The van der Waals surface area contributed by atoms with Gasteiger partial charge in [0, 0.05) is 24.4 Å². The maximum absolute atomic E-state index is 8.54. The number of rotatable bonds is 5. The Kier molecular flexibility index (Phi) is 4.70. The number of amidine groups is 1. The van der Waals surface area contributed by atoms with Crippen molar-refractivity contribution >= 4 is 17.2 Å². The van der Waals surface area contributed by atoms with Crippen molar-refractivity contribution in [2.45, 2.75) is 20.4 Å². The molecule has 1 atom stereocenters. The molecule has 0 aliphatic rings. The minimum atomic E-state index is 0.0368. The molecule has 0 radical (unpaired) electrons. The quantitative estimate of drug-likeness (QED) is 0.353. The Labute approximate surface area is 99.6 Å². The first-order chi connectivity index (χ1) is 7.52. The lowest BCUT2D eigenvalue weighted by atomic mass is 10.1. The van der Waals surface area contributed by atoms with E-state index in [2.05, 4.69) is 20.4 Å². The zero-order chi connectivity index (χ0) is 12.1. The van der Waals surface area contributed by atoms with Crippen LogP contribution in [0.4, 0.5) is 0 Å². The van der Waals surface area contributed by atoms with Crippen LogP contribution in [0, 0.1) is 12.8 Å². The van der Waals surface area contributed by atoms with Crippen LogP contribution in [0.3, 0.4) is 0 Å². The third-order valence-corrected chi connectivity index (χ3v) is 3.13. The summed E-state index contributed by atoms with van der Waals surface area (Å²) in [4.78, 5) is 6.50. The van der Waals surface area contributed by atoms with Crippen LogP contribution in [0.5, 0.6) is 0 Å². The van der Waals surface area contributed by atoms with E-state index in [1.165, 1.54) is 0 Å². The molecule has 0 bridgehead atoms. The molecule has 0 aliphatic carbocycles. The maximum Gasteiger partial charge on any atom is 0.143 e. The summed E-state index contributed by atoms with van der Waals surface area (Å²) in [5, 5.41) is 14.7. The molecular weight excluding hydrogens is 224 g/mol. The van der Waals surface area contributed by atoms with Gasteiger partial charge in [0.1, 0.15) is 5.84 Å². The molecule has 0 amide bonds. The predicted octanol–water partition coefficient (Wildman–Crippen LogP) is 1.27. The molecule has 0 saturated heterocycles. The zero-order valence-corrected chi connectivity index (χ0v) is 10.7. The highest BCUT2D eigenvalue weighted by atomic mass is 32.1. The first kappa shape index (κ1) is 12.9. The van der Waals surface area contributed by atoms with Crippen LogP contribution in [-0.4, -0.2) is 34.5 Å². The van der Waals surface area contributed by atoms with Gasteiger partial charge in [0.25, 0.3) is 0 Å². The van der Waals surface area contributed by atoms with Crippen molar-refractivity contribution in [1.29, 1.82) is 0 Å². The summed E-state index contributed by atoms with van der Waals surface area (Å²) in [5.41, 5.74) is 6.59. The van der Waals surface area contributed by atoms with Gasteiger partial charge in [0.2, 0.25) is 0 Å². The van der Waals surface area contributed by atoms with Crippen molar-refractivity contribution in [2.75, 3.05) is 13.6 Å². The summed E-state index contributed by atoms with van der Waals surface area (Å²) in [5.74, 6) is 0.302. The van der Waals surface area contributed by atoms with Crippen LogP contribution < -0.4 is 5.73 Å². The molecule has 1 aromatic heterocycles. The lowest BCUT2D eigenvalue weighted by Gasteiger charge is -2.19. The molecule has 1 rings (SSSR count). The monoisotopic (exact) mass is 242 g/mol. The van der Waals surface area contributed by atoms with Crippen molar-refractivity contribution < 1.29 is 5.21 Å². The molecule has 6 heteroatoms. The Balaban J connectivity index is 2.44. The fourth-order valence-electron chi connectivity index (χ4n) is 1.48. The maximum atomic E-state index is 8.54. The average molecular weight is 242 g/mol. The minimum Gasteiger partial charge on any atom is -0.409 e. The van der Waals surface area contributed by atoms with E-state index in [4.69, 9.17) is 10.9 Å². The van der Waals surface area contributed by atoms with Gasteiger partial charge < -0.3 is 10.9 Å². The number of hydrogen-bond donors (Lipinski definition) is 2. The van der Waals surface area contributed by atoms with Gasteiger partial charge in [-0.05, 0) is 14.0 Å². The van der Waals surface area contributed by atoms with Crippen LogP contribution in [0.1, 0.15) is 17.6 Å². The number of hydrogen-bond acceptors (Lipinski definition) is 5. The van der Waals surface area contributed by atoms with E-state index in [0.717, 1.165) is 23.8 Å². The van der Waals surface area contributed by atoms with Crippen molar-refractivity contribution in [3.8, 4) is 0 Å². The summed E-state index contributed by atoms with van der Waals surface area (Å²) in [6.07, 6.45) is 0. The third-order valence-electron chi connectivity index (χ3n) is 2.30. The summed E-state index contributed by atoms with van der Waals surface area (Å²) in [7, 11) is 2.00. The second-order valence-electron chi connectivity index (χ2n) is 3.98. The Hall–Kier alpha value is -1.14. The largest absolute Gasteiger partial charge is 0.409 e. The SMILES string of the molecule is Cc1nc(CN(C)CC(C)C(N)=NO)cs1. The van der Waals surface area contributed by atoms with Gasteiger partial charge in [-0.15, -0.1) is 11.3 Å². The first-order valence-corrected chi connectivity index (χ1v) is 5.98. The Morgan fingerprint density at radius 2 is 2.44 bits per heavy atom. The molecule has 1 unspecified atom stereocenters. The number of aryl methyl sites for hydroxylation is 1. The molecule has 3 N–H and O–H groups in total. The molecule has 0 aliphatic heterocycles. The summed E-state index contributed by atoms with van der Waals surface area (Å²) >= 11 is 1.65. The molecule has 16 heavy (non-hydrogen) atoms. The predicted molar refractivity (Wildman–Crippen MR) is 65.8 cm³/mol. The number of thiazole rings is 1. The van der Waals surface area contributed by atoms with Crippen molar-refractivity contribution in [3.63, 3.8) is 0 Å². The van der Waals surface area contributed by atoms with Crippen LogP contribution in [-0.2, 0) is 6.54 Å². The normalized spacial score (nSPS) is 14.4. The molecule has 0 aromatic carbocycles. The van der Waals surface area contributed by atoms with Crippen LogP contribution in [0.25, 0.3) is 0 Å². The molecule has 1 heterocycles. The number of nitrogens with zero attached hydrogens (tertiary/aromatic N) is 3. The summed E-state index contributed by atoms with van der Waals surface area (Å²) in [6.45, 7) is 5.45. The van der Waals surface area contributed by atoms with Crippen molar-refractivity contribution in [2.24, 2.45) is 16.8 Å². The van der Waals surface area contributed by atoms with E-state index < -0.39 is 0 Å². The second kappa shape index (κ2) is 5.81. The Morgan fingerprint density at radius 1 is 1.75 bits per heavy atom. The Bertz CT molecular complexity index is 363. The molecule has 90 valence electrons. The standard InChI is InChI=1S/C10H18N4OS/c1-7(10(11)13-15)4-14(3)5-9-6-16-8(2)12-9/h6-7,15H,4-5H2,1-3H3,(H2,11,13). The number of aromatic nitrogens is 1. The lowest BCUT2D eigenvalue weighted by molar-refractivity contribution is 0.289. The van der Waals surface area contributed by atoms with E-state index in [9.17, 15) is 0 Å². The van der Waals surface area contributed by atoms with Crippen molar-refractivity contribution in [1.82, 2.24) is 9.88 Å². The number of oxime groups is 1. The molecule has 0 fully saturated rings. The molecule has 0 saturated carbocycles. The number of nitrogens with two attached hydrogens (primary N) is 1. The van der Waals surface area contributed by atoms with Gasteiger partial charge in [0.05, 0.1) is 10.7 Å². The molecule has 1 aromatic rings. The summed E-state index contributed by atoms with van der Waals surface area (Å²) in [6, 6.07) is 0. The topological polar surface area (TPSA) is 74.7 Å². The second-order valence-corrected chi connectivity index (χ2v) is 5.04. The van der Waals surface area contributed by atoms with Crippen molar-refractivity contribution in [3.05, 3.63) is 16.1 Å². The average Bonchev–Trinajstić information content (AvgIpc) is 2.62. The van der Waals surface area contributed by atoms with Crippen LogP contribution >= 0.6 is 11.3 Å². The fourth-order valence-corrected chi connectivity index (χ4v) is 2.09. The van der Waals surface area contributed by atoms with Gasteiger partial charge in [-0.1, -0.05) is 12.1 Å². The highest BCUT2D eigenvalue weighted by Gasteiger charge is 2.11. The van der Waals surface area contributed by atoms with Crippen LogP contribution in [0.2, 0.25) is 0 Å². The van der Waals surface area contributed by atoms with E-state index >= 15 is 0 Å². The summed E-state index contributed by atoms with van der Waals surface area (Å²) < 4.78 is 0. The first-order valence-electron chi connectivity index (χ1n) is 5.10. The fraction of sp³-hybridized carbons (Fsp3) is 0.600. The Morgan fingerprint density at radius 3 is 2.94 bits per heavy atom. The smallest absolute Gasteiger partial charge is 0.143 e. The van der Waals surface area contributed by atoms with Gasteiger partial charge in [-0.2, -0.15) is 0 Å².